The van der Waals surface area contributed by atoms with E-state index < -0.39 is 5.97 Å². The molecule has 0 spiro atoms. The Labute approximate surface area is 156 Å². The topological polar surface area (TPSA) is 137 Å². The molecule has 0 bridgehead atoms. The smallest absolute Gasteiger partial charge is 0.324 e. The van der Waals surface area contributed by atoms with Crippen molar-refractivity contribution >= 4 is 29.2 Å². The molecule has 1 heterocycles. The maximum atomic E-state index is 12.5. The van der Waals surface area contributed by atoms with Crippen LogP contribution >= 0.6 is 0 Å². The third kappa shape index (κ3) is 3.84. The van der Waals surface area contributed by atoms with Crippen LogP contribution in [-0.2, 0) is 4.79 Å². The maximum Gasteiger partial charge on any atom is 0.324 e. The molecule has 0 aromatic heterocycles. The van der Waals surface area contributed by atoms with Crippen molar-refractivity contribution in [1.82, 2.24) is 4.90 Å². The van der Waals surface area contributed by atoms with Crippen LogP contribution in [0, 0.1) is 5.41 Å². The summed E-state index contributed by atoms with van der Waals surface area (Å²) in [6, 6.07) is 12.5. The van der Waals surface area contributed by atoms with Crippen molar-refractivity contribution in [2.75, 3.05) is 30.3 Å². The van der Waals surface area contributed by atoms with Gasteiger partial charge in [0.05, 0.1) is 17.8 Å². The first-order valence-electron chi connectivity index (χ1n) is 8.49. The van der Waals surface area contributed by atoms with E-state index in [1.807, 2.05) is 18.2 Å². The number of benzene rings is 2. The summed E-state index contributed by atoms with van der Waals surface area (Å²) >= 11 is 0. The van der Waals surface area contributed by atoms with Gasteiger partial charge in [-0.1, -0.05) is 30.3 Å². The average Bonchev–Trinajstić information content (AvgIpc) is 3.00. The number of carbonyl (C=O) groups excluding carboxylic acids is 1. The molecule has 140 valence electrons. The molecule has 2 amide bonds. The number of carbonyl (C=O) groups is 2. The minimum absolute atomic E-state index is 0.0106. The zero-order chi connectivity index (χ0) is 19.6. The van der Waals surface area contributed by atoms with Gasteiger partial charge in [0.25, 0.3) is 0 Å². The van der Waals surface area contributed by atoms with Crippen LogP contribution in [0.4, 0.5) is 16.2 Å². The Kier molecular flexibility index (Phi) is 4.98. The Morgan fingerprint density at radius 2 is 1.78 bits per heavy atom. The molecule has 0 radical (unpaired) electrons. The van der Waals surface area contributed by atoms with Crippen LogP contribution in [0.25, 0.3) is 11.1 Å². The van der Waals surface area contributed by atoms with Crippen LogP contribution in [-0.4, -0.2) is 47.5 Å². The monoisotopic (exact) mass is 367 g/mol. The summed E-state index contributed by atoms with van der Waals surface area (Å²) in [5.41, 5.74) is 15.2. The number of amidine groups is 1. The van der Waals surface area contributed by atoms with E-state index in [2.05, 4.69) is 0 Å². The Morgan fingerprint density at radius 3 is 2.37 bits per heavy atom. The highest BCUT2D eigenvalue weighted by Gasteiger charge is 2.30. The molecule has 0 aliphatic carbocycles. The van der Waals surface area contributed by atoms with Gasteiger partial charge in [-0.3, -0.25) is 15.1 Å². The highest BCUT2D eigenvalue weighted by molar-refractivity contribution is 5.98. The minimum Gasteiger partial charge on any atom is -0.481 e. The predicted molar refractivity (Wildman–Crippen MR) is 104 cm³/mol. The lowest BCUT2D eigenvalue weighted by Crippen LogP contribution is -2.33. The summed E-state index contributed by atoms with van der Waals surface area (Å²) < 4.78 is 0. The number of amides is 2. The molecule has 0 saturated carbocycles. The molecule has 1 aliphatic heterocycles. The highest BCUT2D eigenvalue weighted by Crippen LogP contribution is 2.31. The molecule has 8 nitrogen and oxygen atoms in total. The van der Waals surface area contributed by atoms with Gasteiger partial charge in [0.15, 0.2) is 0 Å². The Bertz CT molecular complexity index is 895. The van der Waals surface area contributed by atoms with Crippen LogP contribution in [0.5, 0.6) is 0 Å². The molecule has 0 unspecified atom stereocenters. The third-order valence-corrected chi connectivity index (χ3v) is 4.54. The molecule has 27 heavy (non-hydrogen) atoms. The summed E-state index contributed by atoms with van der Waals surface area (Å²) in [5.74, 6) is -0.919. The van der Waals surface area contributed by atoms with Gasteiger partial charge in [-0.2, -0.15) is 0 Å². The van der Waals surface area contributed by atoms with Crippen molar-refractivity contribution in [1.29, 1.82) is 5.41 Å². The van der Waals surface area contributed by atoms with E-state index in [0.29, 0.717) is 30.0 Å². The molecular formula is C19H21N5O3. The number of carboxylic acids is 1. The molecule has 3 rings (SSSR count). The van der Waals surface area contributed by atoms with Crippen LogP contribution in [0.2, 0.25) is 0 Å². The fraction of sp³-hybridized carbons (Fsp3) is 0.211. The number of anilines is 2. The lowest BCUT2D eigenvalue weighted by atomic mass is 10.0. The average molecular weight is 367 g/mol. The Balaban J connectivity index is 1.78. The van der Waals surface area contributed by atoms with E-state index in [4.69, 9.17) is 22.0 Å². The molecular weight excluding hydrogens is 346 g/mol. The van der Waals surface area contributed by atoms with E-state index in [0.717, 1.165) is 11.1 Å². The predicted octanol–water partition coefficient (Wildman–Crippen LogP) is 1.94. The number of nitrogens with zero attached hydrogens (tertiary/aromatic N) is 2. The second kappa shape index (κ2) is 7.36. The number of urea groups is 1. The second-order valence-electron chi connectivity index (χ2n) is 6.33. The maximum absolute atomic E-state index is 12.5. The number of carboxylic acid groups (broad SMARTS) is 1. The van der Waals surface area contributed by atoms with Crippen LogP contribution in [0.15, 0.2) is 42.5 Å². The number of hydrogen-bond donors (Lipinski definition) is 4. The third-order valence-electron chi connectivity index (χ3n) is 4.54. The number of aliphatic carboxylic acids is 1. The van der Waals surface area contributed by atoms with E-state index in [9.17, 15) is 9.59 Å². The summed E-state index contributed by atoms with van der Waals surface area (Å²) in [6.07, 6.45) is -0.0791. The van der Waals surface area contributed by atoms with Gasteiger partial charge in [-0.15, -0.1) is 0 Å². The molecule has 2 aromatic carbocycles. The van der Waals surface area contributed by atoms with Gasteiger partial charge in [0.2, 0.25) is 0 Å². The number of hydrogen-bond acceptors (Lipinski definition) is 4. The van der Waals surface area contributed by atoms with Crippen molar-refractivity contribution in [3.8, 4) is 11.1 Å². The molecule has 2 aromatic rings. The van der Waals surface area contributed by atoms with E-state index in [1.165, 1.54) is 4.90 Å². The Morgan fingerprint density at radius 1 is 1.11 bits per heavy atom. The van der Waals surface area contributed by atoms with Crippen molar-refractivity contribution in [2.24, 2.45) is 5.73 Å². The van der Waals surface area contributed by atoms with Crippen molar-refractivity contribution in [3.05, 3.63) is 48.0 Å². The van der Waals surface area contributed by atoms with Crippen molar-refractivity contribution in [2.45, 2.75) is 6.42 Å². The first-order valence-corrected chi connectivity index (χ1v) is 8.49. The normalized spacial score (nSPS) is 13.9. The zero-order valence-electron chi connectivity index (χ0n) is 14.7. The molecule has 6 N–H and O–H groups in total. The van der Waals surface area contributed by atoms with Crippen molar-refractivity contribution in [3.63, 3.8) is 0 Å². The summed E-state index contributed by atoms with van der Waals surface area (Å²) in [5, 5.41) is 16.2. The number of nitrogens with two attached hydrogens (primary N) is 2. The van der Waals surface area contributed by atoms with Gasteiger partial charge < -0.3 is 21.5 Å². The number of nitrogen functional groups attached to an aromatic ring is 2. The van der Waals surface area contributed by atoms with Gasteiger partial charge in [-0.25, -0.2) is 4.79 Å². The van der Waals surface area contributed by atoms with Crippen LogP contribution in [0.1, 0.15) is 12.0 Å². The first kappa shape index (κ1) is 18.2. The standard InChI is InChI=1S/C19H21N5O3/c20-15-11-14(12-1-3-13(4-2-12)18(21)22)5-6-16(15)24-10-9-23(19(24)27)8-7-17(25)26/h1-6,11H,7-10,20H2,(H3,21,22)(H,25,26). The van der Waals surface area contributed by atoms with E-state index in [1.54, 1.807) is 29.2 Å². The molecule has 0 atom stereocenters. The Hall–Kier alpha value is -3.55. The first-order chi connectivity index (χ1) is 12.9. The van der Waals surface area contributed by atoms with Crippen molar-refractivity contribution < 1.29 is 14.7 Å². The SMILES string of the molecule is N=C(N)c1ccc(-c2ccc(N3CCN(CCC(=O)O)C3=O)c(N)c2)cc1. The zero-order valence-corrected chi connectivity index (χ0v) is 14.7. The summed E-state index contributed by atoms with van der Waals surface area (Å²) in [6.45, 7) is 1.13. The number of rotatable bonds is 6. The molecule has 1 fully saturated rings. The van der Waals surface area contributed by atoms with Gasteiger partial charge in [0.1, 0.15) is 5.84 Å². The molecule has 8 heteroatoms. The quantitative estimate of drug-likeness (QED) is 0.351. The van der Waals surface area contributed by atoms with E-state index in [-0.39, 0.29) is 24.8 Å². The fourth-order valence-corrected chi connectivity index (χ4v) is 3.07. The summed E-state index contributed by atoms with van der Waals surface area (Å²) in [7, 11) is 0. The lowest BCUT2D eigenvalue weighted by Gasteiger charge is -2.20. The van der Waals surface area contributed by atoms with Crippen LogP contribution < -0.4 is 16.4 Å². The summed E-state index contributed by atoms with van der Waals surface area (Å²) in [4.78, 5) is 26.3. The minimum atomic E-state index is -0.930. The van der Waals surface area contributed by atoms with Gasteiger partial charge >= 0.3 is 12.0 Å². The second-order valence-corrected chi connectivity index (χ2v) is 6.33. The largest absolute Gasteiger partial charge is 0.481 e. The molecule has 1 aliphatic rings. The van der Waals surface area contributed by atoms with Gasteiger partial charge in [-0.05, 0) is 23.3 Å². The van der Waals surface area contributed by atoms with Crippen LogP contribution in [0.3, 0.4) is 0 Å². The van der Waals surface area contributed by atoms with Gasteiger partial charge in [0, 0.05) is 25.2 Å². The fourth-order valence-electron chi connectivity index (χ4n) is 3.07. The highest BCUT2D eigenvalue weighted by atomic mass is 16.4. The lowest BCUT2D eigenvalue weighted by molar-refractivity contribution is -0.137. The molecule has 1 saturated heterocycles. The number of nitrogens with one attached hydrogen (secondary N) is 1. The van der Waals surface area contributed by atoms with E-state index >= 15 is 0 Å².